The van der Waals surface area contributed by atoms with E-state index in [9.17, 15) is 4.79 Å². The molecule has 1 aliphatic carbocycles. The number of hydrogen-bond donors (Lipinski definition) is 0. The van der Waals surface area contributed by atoms with Gasteiger partial charge in [0.15, 0.2) is 0 Å². The number of benzene rings is 1. The van der Waals surface area contributed by atoms with Crippen LogP contribution in [0.25, 0.3) is 0 Å². The van der Waals surface area contributed by atoms with Crippen LogP contribution in [0.2, 0.25) is 0 Å². The van der Waals surface area contributed by atoms with Crippen LogP contribution in [0, 0.1) is 5.92 Å². The maximum Gasteiger partial charge on any atom is 0.305 e. The Morgan fingerprint density at radius 1 is 1.31 bits per heavy atom. The molecule has 2 aliphatic rings. The average molecular weight is 461 g/mol. The number of hydrogen-bond acceptors (Lipinski definition) is 5. The monoisotopic (exact) mass is 460 g/mol. The molecule has 5 nitrogen and oxygen atoms in total. The Morgan fingerprint density at radius 3 is 2.75 bits per heavy atom. The van der Waals surface area contributed by atoms with Crippen LogP contribution < -0.4 is 9.26 Å². The second-order valence-corrected chi connectivity index (χ2v) is 10.6. The van der Waals surface area contributed by atoms with E-state index in [0.29, 0.717) is 0 Å². The molecule has 0 amide bonds. The largest absolute Gasteiger partial charge is 0.462 e. The fraction of sp³-hybridized carbons (Fsp3) is 0.577. The molecule has 1 aromatic carbocycles. The van der Waals surface area contributed by atoms with Crippen molar-refractivity contribution in [2.24, 2.45) is 5.92 Å². The highest BCUT2D eigenvalue weighted by molar-refractivity contribution is 7.46. The van der Waals surface area contributed by atoms with E-state index < -0.39 is 14.2 Å². The number of fused-ring (bicyclic) bond motifs is 3. The van der Waals surface area contributed by atoms with Gasteiger partial charge >= 0.3 is 5.97 Å². The predicted molar refractivity (Wildman–Crippen MR) is 129 cm³/mol. The molecule has 0 aromatic heterocycles. The summed E-state index contributed by atoms with van der Waals surface area (Å²) in [6, 6.07) is 4.29. The zero-order chi connectivity index (χ0) is 23.5. The highest BCUT2D eigenvalue weighted by atomic mass is 31.2. The minimum absolute atomic E-state index is 0.185. The molecule has 0 fully saturated rings. The molecule has 3 unspecified atom stereocenters. The number of esters is 1. The van der Waals surface area contributed by atoms with Crippen LogP contribution in [-0.2, 0) is 20.5 Å². The zero-order valence-corrected chi connectivity index (χ0v) is 21.2. The minimum atomic E-state index is -1.34. The molecule has 0 saturated heterocycles. The molecule has 0 radical (unpaired) electrons. The van der Waals surface area contributed by atoms with Crippen LogP contribution >= 0.6 is 8.38 Å². The SMILES string of the molecule is C=C1Oc2cc(CCCCC)cc(OP(C)OC(C)(C)OC(C)=O)c2C2C=C(C)CCC12. The summed E-state index contributed by atoms with van der Waals surface area (Å²) >= 11 is 0. The molecule has 6 heteroatoms. The third-order valence-corrected chi connectivity index (χ3v) is 7.08. The number of allylic oxidation sites excluding steroid dienone is 3. The van der Waals surface area contributed by atoms with Gasteiger partial charge in [0.1, 0.15) is 17.3 Å². The van der Waals surface area contributed by atoms with E-state index in [4.69, 9.17) is 18.5 Å². The standard InChI is InChI=1S/C26H37O5P/c1-8-9-10-11-20-15-23-25(22-14-17(2)12-13-21(22)18(3)28-23)24(16-20)30-32(7)31-26(5,6)29-19(4)27/h14-16,21-22H,3,8-13H2,1-2,4-7H3. The van der Waals surface area contributed by atoms with Gasteiger partial charge in [0.25, 0.3) is 0 Å². The Kier molecular flexibility index (Phi) is 8.06. The predicted octanol–water partition coefficient (Wildman–Crippen LogP) is 7.40. The summed E-state index contributed by atoms with van der Waals surface area (Å²) in [5.74, 6) is 1.48. The van der Waals surface area contributed by atoms with Crippen molar-refractivity contribution in [3.8, 4) is 11.5 Å². The van der Waals surface area contributed by atoms with Gasteiger partial charge in [0, 0.05) is 44.8 Å². The summed E-state index contributed by atoms with van der Waals surface area (Å²) < 4.78 is 23.9. The van der Waals surface area contributed by atoms with Gasteiger partial charge in [-0.2, -0.15) is 0 Å². The van der Waals surface area contributed by atoms with Crippen molar-refractivity contribution in [3.63, 3.8) is 0 Å². The van der Waals surface area contributed by atoms with Gasteiger partial charge in [-0.25, -0.2) is 0 Å². The van der Waals surface area contributed by atoms with Crippen molar-refractivity contribution in [2.45, 2.75) is 84.8 Å². The maximum absolute atomic E-state index is 11.4. The number of carbonyl (C=O) groups excluding carboxylic acids is 1. The maximum atomic E-state index is 11.4. The third kappa shape index (κ3) is 6.14. The minimum Gasteiger partial charge on any atom is -0.462 e. The first kappa shape index (κ1) is 24.8. The van der Waals surface area contributed by atoms with Gasteiger partial charge < -0.3 is 14.0 Å². The summed E-state index contributed by atoms with van der Waals surface area (Å²) in [4.78, 5) is 11.4. The van der Waals surface area contributed by atoms with Gasteiger partial charge in [0.2, 0.25) is 14.2 Å². The zero-order valence-electron chi connectivity index (χ0n) is 20.3. The molecule has 0 bridgehead atoms. The summed E-state index contributed by atoms with van der Waals surface area (Å²) in [7, 11) is -1.34. The fourth-order valence-corrected chi connectivity index (χ4v) is 5.75. The van der Waals surface area contributed by atoms with E-state index in [1.807, 2.05) is 6.66 Å². The van der Waals surface area contributed by atoms with Crippen molar-refractivity contribution in [1.29, 1.82) is 0 Å². The van der Waals surface area contributed by atoms with Gasteiger partial charge in [-0.05, 0) is 50.3 Å². The first-order chi connectivity index (χ1) is 15.1. The van der Waals surface area contributed by atoms with Crippen molar-refractivity contribution in [1.82, 2.24) is 0 Å². The summed E-state index contributed by atoms with van der Waals surface area (Å²) in [6.45, 7) is 15.3. The summed E-state index contributed by atoms with van der Waals surface area (Å²) in [6.07, 6.45) is 8.88. The van der Waals surface area contributed by atoms with Crippen molar-refractivity contribution in [2.75, 3.05) is 6.66 Å². The van der Waals surface area contributed by atoms with Gasteiger partial charge in [-0.15, -0.1) is 0 Å². The lowest BCUT2D eigenvalue weighted by Crippen LogP contribution is -2.29. The first-order valence-electron chi connectivity index (χ1n) is 11.6. The van der Waals surface area contributed by atoms with E-state index in [0.717, 1.165) is 48.5 Å². The Bertz CT molecular complexity index is 888. The van der Waals surface area contributed by atoms with Crippen LogP contribution in [0.5, 0.6) is 11.5 Å². The Hall–Kier alpha value is -1.84. The molecular weight excluding hydrogens is 423 g/mol. The van der Waals surface area contributed by atoms with E-state index >= 15 is 0 Å². The smallest absolute Gasteiger partial charge is 0.305 e. The lowest BCUT2D eigenvalue weighted by atomic mass is 9.74. The molecular formula is C26H37O5P. The average Bonchev–Trinajstić information content (AvgIpc) is 2.66. The van der Waals surface area contributed by atoms with Crippen molar-refractivity contribution >= 4 is 14.3 Å². The number of rotatable bonds is 9. The van der Waals surface area contributed by atoms with Gasteiger partial charge in [-0.1, -0.05) is 38.0 Å². The van der Waals surface area contributed by atoms with E-state index in [1.54, 1.807) is 13.8 Å². The van der Waals surface area contributed by atoms with Crippen LogP contribution in [0.4, 0.5) is 0 Å². The van der Waals surface area contributed by atoms with Gasteiger partial charge in [-0.3, -0.25) is 9.32 Å². The fourth-order valence-electron chi connectivity index (χ4n) is 4.63. The van der Waals surface area contributed by atoms with E-state index in [2.05, 4.69) is 38.6 Å². The number of carbonyl (C=O) groups is 1. The normalized spacial score (nSPS) is 21.1. The van der Waals surface area contributed by atoms with Gasteiger partial charge in [0.05, 0.1) is 0 Å². The number of aryl methyl sites for hydroxylation is 1. The summed E-state index contributed by atoms with van der Waals surface area (Å²) in [5, 5.41) is 0. The molecule has 32 heavy (non-hydrogen) atoms. The number of ether oxygens (including phenoxy) is 2. The highest BCUT2D eigenvalue weighted by Gasteiger charge is 2.38. The topological polar surface area (TPSA) is 54.0 Å². The molecule has 176 valence electrons. The molecule has 1 aromatic rings. The lowest BCUT2D eigenvalue weighted by Gasteiger charge is -2.38. The lowest BCUT2D eigenvalue weighted by molar-refractivity contribution is -0.182. The first-order valence-corrected chi connectivity index (χ1v) is 13.2. The molecule has 0 saturated carbocycles. The molecule has 0 N–H and O–H groups in total. The van der Waals surface area contributed by atoms with Crippen molar-refractivity contribution in [3.05, 3.63) is 47.2 Å². The Morgan fingerprint density at radius 2 is 2.06 bits per heavy atom. The highest BCUT2D eigenvalue weighted by Crippen LogP contribution is 2.53. The molecule has 1 heterocycles. The van der Waals surface area contributed by atoms with Crippen LogP contribution in [0.15, 0.2) is 36.1 Å². The van der Waals surface area contributed by atoms with Crippen LogP contribution in [-0.4, -0.2) is 18.4 Å². The number of unbranched alkanes of at least 4 members (excludes halogenated alkanes) is 2. The summed E-state index contributed by atoms with van der Waals surface area (Å²) in [5.41, 5.74) is 3.65. The van der Waals surface area contributed by atoms with E-state index in [-0.39, 0.29) is 17.8 Å². The molecule has 3 rings (SSSR count). The van der Waals surface area contributed by atoms with Crippen LogP contribution in [0.3, 0.4) is 0 Å². The van der Waals surface area contributed by atoms with Crippen molar-refractivity contribution < 1.29 is 23.3 Å². The molecule has 3 atom stereocenters. The second-order valence-electron chi connectivity index (χ2n) is 9.33. The molecule has 1 aliphatic heterocycles. The quantitative estimate of drug-likeness (QED) is 0.126. The van der Waals surface area contributed by atoms with E-state index in [1.165, 1.54) is 30.9 Å². The Balaban J connectivity index is 1.95. The second kappa shape index (κ2) is 10.4. The Labute approximate surface area is 194 Å². The molecule has 0 spiro atoms. The van der Waals surface area contributed by atoms with Crippen LogP contribution in [0.1, 0.15) is 83.8 Å². The third-order valence-electron chi connectivity index (χ3n) is 5.93.